The van der Waals surface area contributed by atoms with Gasteiger partial charge in [0, 0.05) is 17.4 Å². The van der Waals surface area contributed by atoms with E-state index in [1.807, 2.05) is 13.8 Å². The largest absolute Gasteiger partial charge is 0.508 e. The summed E-state index contributed by atoms with van der Waals surface area (Å²) >= 11 is 3.30. The first-order valence-electron chi connectivity index (χ1n) is 5.31. The van der Waals surface area contributed by atoms with E-state index in [-0.39, 0.29) is 23.3 Å². The highest BCUT2D eigenvalue weighted by atomic mass is 79.9. The van der Waals surface area contributed by atoms with Gasteiger partial charge in [0.25, 0.3) is 5.91 Å². The molecule has 0 aliphatic carbocycles. The van der Waals surface area contributed by atoms with Crippen LogP contribution >= 0.6 is 15.9 Å². The fourth-order valence-electron chi connectivity index (χ4n) is 1.32. The highest BCUT2D eigenvalue weighted by Crippen LogP contribution is 2.15. The number of phenolic OH excluding ortho intramolecular Hbond substituents is 1. The van der Waals surface area contributed by atoms with Crippen molar-refractivity contribution >= 4 is 21.8 Å². The second-order valence-electron chi connectivity index (χ2n) is 4.14. The van der Waals surface area contributed by atoms with Crippen molar-refractivity contribution in [2.75, 3.05) is 5.33 Å². The van der Waals surface area contributed by atoms with Gasteiger partial charge in [0.1, 0.15) is 11.6 Å². The predicted molar refractivity (Wildman–Crippen MR) is 68.0 cm³/mol. The van der Waals surface area contributed by atoms with Crippen LogP contribution in [0.4, 0.5) is 4.39 Å². The van der Waals surface area contributed by atoms with Crippen molar-refractivity contribution in [3.05, 3.63) is 29.6 Å². The molecule has 0 radical (unpaired) electrons. The van der Waals surface area contributed by atoms with Crippen LogP contribution < -0.4 is 5.32 Å². The van der Waals surface area contributed by atoms with Crippen molar-refractivity contribution in [2.24, 2.45) is 5.92 Å². The molecule has 0 fully saturated rings. The summed E-state index contributed by atoms with van der Waals surface area (Å²) in [5.41, 5.74) is -0.0607. The maximum absolute atomic E-state index is 13.4. The molecule has 3 nitrogen and oxygen atoms in total. The molecule has 0 spiro atoms. The minimum absolute atomic E-state index is 0.0595. The third-order valence-electron chi connectivity index (χ3n) is 2.48. The van der Waals surface area contributed by atoms with E-state index in [1.165, 1.54) is 12.1 Å². The Hall–Kier alpha value is -1.10. The molecule has 17 heavy (non-hydrogen) atoms. The van der Waals surface area contributed by atoms with E-state index in [9.17, 15) is 9.18 Å². The van der Waals surface area contributed by atoms with Gasteiger partial charge in [-0.15, -0.1) is 0 Å². The summed E-state index contributed by atoms with van der Waals surface area (Å²) in [5.74, 6) is -1.14. The number of amides is 1. The van der Waals surface area contributed by atoms with Gasteiger partial charge in [-0.25, -0.2) is 4.39 Å². The van der Waals surface area contributed by atoms with Crippen molar-refractivity contribution < 1.29 is 14.3 Å². The minimum Gasteiger partial charge on any atom is -0.508 e. The molecule has 94 valence electrons. The molecular weight excluding hydrogens is 289 g/mol. The Balaban J connectivity index is 2.82. The van der Waals surface area contributed by atoms with Crippen LogP contribution in [0, 0.1) is 11.7 Å². The first-order valence-corrected chi connectivity index (χ1v) is 6.43. The number of alkyl halides is 1. The molecule has 0 aromatic heterocycles. The van der Waals surface area contributed by atoms with Gasteiger partial charge < -0.3 is 10.4 Å². The van der Waals surface area contributed by atoms with Crippen LogP contribution in [0.15, 0.2) is 18.2 Å². The number of nitrogens with one attached hydrogen (secondary N) is 1. The van der Waals surface area contributed by atoms with Crippen molar-refractivity contribution in [2.45, 2.75) is 19.9 Å². The van der Waals surface area contributed by atoms with Crippen molar-refractivity contribution in [3.63, 3.8) is 0 Å². The number of rotatable bonds is 4. The zero-order chi connectivity index (χ0) is 13.0. The fourth-order valence-corrected chi connectivity index (χ4v) is 2.23. The summed E-state index contributed by atoms with van der Waals surface area (Å²) in [7, 11) is 0. The minimum atomic E-state index is -0.723. The smallest absolute Gasteiger partial charge is 0.254 e. The molecule has 5 heteroatoms. The van der Waals surface area contributed by atoms with Gasteiger partial charge in [-0.05, 0) is 18.1 Å². The quantitative estimate of drug-likeness (QED) is 0.840. The Morgan fingerprint density at radius 2 is 2.18 bits per heavy atom. The Morgan fingerprint density at radius 1 is 1.53 bits per heavy atom. The molecule has 0 aliphatic heterocycles. The number of phenols is 1. The van der Waals surface area contributed by atoms with Crippen LogP contribution in [0.1, 0.15) is 24.2 Å². The number of benzene rings is 1. The lowest BCUT2D eigenvalue weighted by atomic mass is 10.1. The number of halogens is 2. The monoisotopic (exact) mass is 303 g/mol. The highest BCUT2D eigenvalue weighted by Gasteiger charge is 2.18. The second kappa shape index (κ2) is 6.00. The van der Waals surface area contributed by atoms with E-state index in [4.69, 9.17) is 5.11 Å². The summed E-state index contributed by atoms with van der Waals surface area (Å²) < 4.78 is 13.4. The first kappa shape index (κ1) is 14.0. The van der Waals surface area contributed by atoms with E-state index in [1.54, 1.807) is 0 Å². The number of carbonyl (C=O) groups excluding carboxylic acids is 1. The number of aromatic hydroxyl groups is 1. The Morgan fingerprint density at radius 3 is 2.65 bits per heavy atom. The van der Waals surface area contributed by atoms with Gasteiger partial charge in [0.2, 0.25) is 0 Å². The molecule has 1 amide bonds. The predicted octanol–water partition coefficient (Wildman–Crippen LogP) is 2.68. The van der Waals surface area contributed by atoms with E-state index >= 15 is 0 Å². The van der Waals surface area contributed by atoms with Crippen molar-refractivity contribution in [1.29, 1.82) is 0 Å². The lowest BCUT2D eigenvalue weighted by Gasteiger charge is -2.20. The van der Waals surface area contributed by atoms with Crippen LogP contribution in [-0.4, -0.2) is 22.4 Å². The molecule has 1 unspecified atom stereocenters. The molecule has 0 saturated carbocycles. The summed E-state index contributed by atoms with van der Waals surface area (Å²) in [6, 6.07) is 3.42. The maximum atomic E-state index is 13.4. The van der Waals surface area contributed by atoms with Crippen molar-refractivity contribution in [3.8, 4) is 5.75 Å². The molecule has 1 rings (SSSR count). The molecule has 0 heterocycles. The van der Waals surface area contributed by atoms with Gasteiger partial charge in [-0.3, -0.25) is 4.79 Å². The molecule has 2 N–H and O–H groups in total. The molecule has 1 atom stereocenters. The topological polar surface area (TPSA) is 49.3 Å². The summed E-state index contributed by atoms with van der Waals surface area (Å²) in [6.07, 6.45) is 0. The van der Waals surface area contributed by atoms with Gasteiger partial charge in [0.05, 0.1) is 5.56 Å². The standard InChI is InChI=1S/C12H15BrFNO2/c1-7(2)11(6-13)15-12(17)9-4-3-8(16)5-10(9)14/h3-5,7,11,16H,6H2,1-2H3,(H,15,17). The fraction of sp³-hybridized carbons (Fsp3) is 0.417. The average Bonchev–Trinajstić information content (AvgIpc) is 2.24. The Labute approximate surface area is 108 Å². The molecule has 0 saturated heterocycles. The third-order valence-corrected chi connectivity index (χ3v) is 3.18. The van der Waals surface area contributed by atoms with Crippen LogP contribution in [0.3, 0.4) is 0 Å². The van der Waals surface area contributed by atoms with E-state index in [0.29, 0.717) is 5.33 Å². The van der Waals surface area contributed by atoms with Crippen LogP contribution in [0.25, 0.3) is 0 Å². The number of hydrogen-bond donors (Lipinski definition) is 2. The highest BCUT2D eigenvalue weighted by molar-refractivity contribution is 9.09. The molecule has 0 bridgehead atoms. The van der Waals surface area contributed by atoms with Crippen LogP contribution in [0.2, 0.25) is 0 Å². The second-order valence-corrected chi connectivity index (χ2v) is 4.79. The van der Waals surface area contributed by atoms with Gasteiger partial charge >= 0.3 is 0 Å². The van der Waals surface area contributed by atoms with Crippen LogP contribution in [-0.2, 0) is 0 Å². The molecule has 1 aromatic rings. The molecule has 0 aliphatic rings. The van der Waals surface area contributed by atoms with Crippen LogP contribution in [0.5, 0.6) is 5.75 Å². The number of carbonyl (C=O) groups is 1. The average molecular weight is 304 g/mol. The van der Waals surface area contributed by atoms with E-state index < -0.39 is 11.7 Å². The van der Waals surface area contributed by atoms with Crippen molar-refractivity contribution in [1.82, 2.24) is 5.32 Å². The SMILES string of the molecule is CC(C)C(CBr)NC(=O)c1ccc(O)cc1F. The zero-order valence-corrected chi connectivity index (χ0v) is 11.3. The van der Waals surface area contributed by atoms with Gasteiger partial charge in [0.15, 0.2) is 0 Å². The Bertz CT molecular complexity index is 409. The first-order chi connectivity index (χ1) is 7.95. The maximum Gasteiger partial charge on any atom is 0.254 e. The zero-order valence-electron chi connectivity index (χ0n) is 9.71. The third kappa shape index (κ3) is 3.70. The van der Waals surface area contributed by atoms with E-state index in [0.717, 1.165) is 6.07 Å². The molecule has 1 aromatic carbocycles. The normalized spacial score (nSPS) is 12.5. The Kier molecular flexibility index (Phi) is 4.93. The summed E-state index contributed by atoms with van der Waals surface area (Å²) in [6.45, 7) is 3.94. The summed E-state index contributed by atoms with van der Waals surface area (Å²) in [5, 5.41) is 12.4. The van der Waals surface area contributed by atoms with Gasteiger partial charge in [-0.2, -0.15) is 0 Å². The summed E-state index contributed by atoms with van der Waals surface area (Å²) in [4.78, 5) is 11.8. The lowest BCUT2D eigenvalue weighted by Crippen LogP contribution is -2.40. The van der Waals surface area contributed by atoms with E-state index in [2.05, 4.69) is 21.2 Å². The van der Waals surface area contributed by atoms with Gasteiger partial charge in [-0.1, -0.05) is 29.8 Å². The number of hydrogen-bond acceptors (Lipinski definition) is 2. The molecular formula is C12H15BrFNO2. The lowest BCUT2D eigenvalue weighted by molar-refractivity contribution is 0.0927.